The first-order valence-electron chi connectivity index (χ1n) is 9.28. The van der Waals surface area contributed by atoms with Crippen LogP contribution in [0.2, 0.25) is 0 Å². The molecule has 7 N–H and O–H groups in total. The van der Waals surface area contributed by atoms with Crippen LogP contribution in [0.1, 0.15) is 11.8 Å². The summed E-state index contributed by atoms with van der Waals surface area (Å²) in [5, 5.41) is 77.1. The number of aliphatic hydroxyl groups excluding tert-OH is 7. The normalized spacial score (nSPS) is 30.0. The van der Waals surface area contributed by atoms with Crippen LogP contribution in [0, 0.1) is 0 Å². The molecule has 2 aromatic rings. The van der Waals surface area contributed by atoms with Crippen molar-refractivity contribution in [1.29, 1.82) is 0 Å². The zero-order chi connectivity index (χ0) is 21.8. The lowest BCUT2D eigenvalue weighted by Crippen LogP contribution is -2.60. The number of aromatic nitrogens is 3. The fourth-order valence-electron chi connectivity index (χ4n) is 3.10. The zero-order valence-electron chi connectivity index (χ0n) is 15.8. The molecule has 12 nitrogen and oxygen atoms in total. The van der Waals surface area contributed by atoms with Gasteiger partial charge in [0.1, 0.15) is 48.4 Å². The topological polar surface area (TPSA) is 191 Å². The average Bonchev–Trinajstić information content (AvgIpc) is 3.27. The molecule has 0 radical (unpaired) electrons. The van der Waals surface area contributed by atoms with Gasteiger partial charge < -0.3 is 45.2 Å². The van der Waals surface area contributed by atoms with Crippen molar-refractivity contribution in [1.82, 2.24) is 15.0 Å². The smallest absolute Gasteiger partial charge is 0.187 e. The third-order valence-corrected chi connectivity index (χ3v) is 4.85. The third-order valence-electron chi connectivity index (χ3n) is 4.85. The molecule has 0 bridgehead atoms. The summed E-state index contributed by atoms with van der Waals surface area (Å²) < 4.78 is 12.1. The number of nitrogens with zero attached hydrogens (tertiary/aromatic N) is 3. The van der Waals surface area contributed by atoms with Crippen LogP contribution in [0.4, 0.5) is 0 Å². The number of hydrogen-bond donors (Lipinski definition) is 7. The maximum absolute atomic E-state index is 10.7. The fourth-order valence-corrected chi connectivity index (χ4v) is 3.10. The number of ether oxygens (including phenoxy) is 2. The van der Waals surface area contributed by atoms with E-state index in [9.17, 15) is 35.7 Å². The largest absolute Gasteiger partial charge is 0.394 e. The van der Waals surface area contributed by atoms with E-state index in [1.807, 2.05) is 6.07 Å². The molecule has 0 aliphatic carbocycles. The number of para-hydroxylation sites is 1. The molecular formula is C18H25N3O9. The molecule has 1 aliphatic rings. The summed E-state index contributed by atoms with van der Waals surface area (Å²) in [6.07, 6.45) is -11.3. The summed E-state index contributed by atoms with van der Waals surface area (Å²) >= 11 is 0. The molecular weight excluding hydrogens is 402 g/mol. The highest BCUT2D eigenvalue weighted by atomic mass is 16.7. The SMILES string of the molecule is OCC(O)C(O[C@@H]1O[C@H](CO)[C@H](O)[C@H](O)[C@H]1O)C(O)c1cn(-c2ccccc2)nn1. The van der Waals surface area contributed by atoms with E-state index in [0.717, 1.165) is 0 Å². The minimum absolute atomic E-state index is 0.000874. The Bertz CT molecular complexity index is 790. The molecule has 1 aromatic heterocycles. The third kappa shape index (κ3) is 4.67. The second-order valence-electron chi connectivity index (χ2n) is 6.92. The number of benzene rings is 1. The highest BCUT2D eigenvalue weighted by Crippen LogP contribution is 2.28. The summed E-state index contributed by atoms with van der Waals surface area (Å²) in [6, 6.07) is 8.91. The van der Waals surface area contributed by atoms with Gasteiger partial charge in [0.25, 0.3) is 0 Å². The highest BCUT2D eigenvalue weighted by molar-refractivity contribution is 5.30. The average molecular weight is 427 g/mol. The van der Waals surface area contributed by atoms with Gasteiger partial charge >= 0.3 is 0 Å². The van der Waals surface area contributed by atoms with Crippen LogP contribution in [-0.4, -0.2) is 107 Å². The fraction of sp³-hybridized carbons (Fsp3) is 0.556. The lowest BCUT2D eigenvalue weighted by Gasteiger charge is -2.41. The van der Waals surface area contributed by atoms with Crippen molar-refractivity contribution >= 4 is 0 Å². The van der Waals surface area contributed by atoms with E-state index < -0.39 is 62.2 Å². The van der Waals surface area contributed by atoms with Crippen molar-refractivity contribution in [3.8, 4) is 5.69 Å². The van der Waals surface area contributed by atoms with Gasteiger partial charge in [0.2, 0.25) is 0 Å². The van der Waals surface area contributed by atoms with Crippen LogP contribution in [0.25, 0.3) is 5.69 Å². The van der Waals surface area contributed by atoms with E-state index in [0.29, 0.717) is 5.69 Å². The van der Waals surface area contributed by atoms with Gasteiger partial charge in [0, 0.05) is 0 Å². The van der Waals surface area contributed by atoms with E-state index in [2.05, 4.69) is 10.3 Å². The molecule has 0 saturated carbocycles. The Morgan fingerprint density at radius 3 is 2.37 bits per heavy atom. The molecule has 30 heavy (non-hydrogen) atoms. The van der Waals surface area contributed by atoms with Crippen LogP contribution in [0.5, 0.6) is 0 Å². The van der Waals surface area contributed by atoms with Crippen LogP contribution in [0.3, 0.4) is 0 Å². The molecule has 1 aliphatic heterocycles. The lowest BCUT2D eigenvalue weighted by molar-refractivity contribution is -0.325. The molecule has 0 amide bonds. The first-order valence-corrected chi connectivity index (χ1v) is 9.28. The molecule has 3 rings (SSSR count). The Kier molecular flexibility index (Phi) is 7.46. The Balaban J connectivity index is 1.80. The maximum Gasteiger partial charge on any atom is 0.187 e. The number of rotatable bonds is 8. The first-order chi connectivity index (χ1) is 14.4. The monoisotopic (exact) mass is 427 g/mol. The van der Waals surface area contributed by atoms with Gasteiger partial charge in [-0.15, -0.1) is 5.10 Å². The molecule has 1 fully saturated rings. The molecule has 2 heterocycles. The second kappa shape index (κ2) is 9.87. The Hall–Kier alpha value is -2.00. The molecule has 8 atom stereocenters. The number of aliphatic hydroxyl groups is 7. The maximum atomic E-state index is 10.7. The molecule has 3 unspecified atom stereocenters. The minimum atomic E-state index is -1.75. The van der Waals surface area contributed by atoms with Gasteiger partial charge in [-0.05, 0) is 12.1 Å². The molecule has 166 valence electrons. The van der Waals surface area contributed by atoms with Gasteiger partial charge in [-0.25, -0.2) is 4.68 Å². The predicted octanol–water partition coefficient (Wildman–Crippen LogP) is -3.16. The summed E-state index contributed by atoms with van der Waals surface area (Å²) in [6.45, 7) is -1.47. The van der Waals surface area contributed by atoms with E-state index in [1.165, 1.54) is 10.9 Å². The van der Waals surface area contributed by atoms with E-state index in [1.54, 1.807) is 24.3 Å². The van der Waals surface area contributed by atoms with E-state index in [-0.39, 0.29) is 5.69 Å². The van der Waals surface area contributed by atoms with Crippen molar-refractivity contribution in [2.24, 2.45) is 0 Å². The van der Waals surface area contributed by atoms with Gasteiger partial charge in [-0.3, -0.25) is 0 Å². The van der Waals surface area contributed by atoms with Gasteiger partial charge in [0.15, 0.2) is 6.29 Å². The van der Waals surface area contributed by atoms with Crippen molar-refractivity contribution in [2.45, 2.75) is 49.0 Å². The van der Waals surface area contributed by atoms with Gasteiger partial charge in [-0.2, -0.15) is 0 Å². The van der Waals surface area contributed by atoms with Gasteiger partial charge in [0.05, 0.1) is 25.1 Å². The van der Waals surface area contributed by atoms with Crippen LogP contribution in [-0.2, 0) is 9.47 Å². The van der Waals surface area contributed by atoms with E-state index >= 15 is 0 Å². The van der Waals surface area contributed by atoms with Crippen LogP contribution >= 0.6 is 0 Å². The highest BCUT2D eigenvalue weighted by Gasteiger charge is 2.46. The number of hydrogen-bond acceptors (Lipinski definition) is 11. The minimum Gasteiger partial charge on any atom is -0.394 e. The summed E-state index contributed by atoms with van der Waals surface area (Å²) in [7, 11) is 0. The van der Waals surface area contributed by atoms with Crippen LogP contribution in [0.15, 0.2) is 36.5 Å². The Morgan fingerprint density at radius 1 is 1.03 bits per heavy atom. The Labute approximate surface area is 171 Å². The quantitative estimate of drug-likeness (QED) is 0.225. The zero-order valence-corrected chi connectivity index (χ0v) is 15.8. The molecule has 1 aromatic carbocycles. The van der Waals surface area contributed by atoms with Crippen LogP contribution < -0.4 is 0 Å². The van der Waals surface area contributed by atoms with E-state index in [4.69, 9.17) is 9.47 Å². The van der Waals surface area contributed by atoms with Crippen molar-refractivity contribution in [2.75, 3.05) is 13.2 Å². The first kappa shape index (κ1) is 22.7. The predicted molar refractivity (Wildman–Crippen MR) is 98.1 cm³/mol. The second-order valence-corrected chi connectivity index (χ2v) is 6.92. The molecule has 1 saturated heterocycles. The molecule has 12 heteroatoms. The van der Waals surface area contributed by atoms with Crippen molar-refractivity contribution < 1.29 is 45.2 Å². The molecule has 0 spiro atoms. The lowest BCUT2D eigenvalue weighted by atomic mass is 9.99. The summed E-state index contributed by atoms with van der Waals surface area (Å²) in [4.78, 5) is 0. The van der Waals surface area contributed by atoms with Gasteiger partial charge in [-0.1, -0.05) is 23.4 Å². The Morgan fingerprint density at radius 2 is 1.73 bits per heavy atom. The standard InChI is InChI=1S/C18H25N3O9/c22-7-11(24)17(30-18-16(28)15(27)14(26)12(8-23)29-18)13(25)10-6-21(20-19-10)9-4-2-1-3-5-9/h1-6,11-18,22-28H,7-8H2/t11?,12-,13?,14+,15+,16-,17?,18+/m1/s1. The van der Waals surface area contributed by atoms with Crippen molar-refractivity contribution in [3.63, 3.8) is 0 Å². The summed E-state index contributed by atoms with van der Waals surface area (Å²) in [5.41, 5.74) is 0.665. The summed E-state index contributed by atoms with van der Waals surface area (Å²) in [5.74, 6) is 0. The van der Waals surface area contributed by atoms with Crippen molar-refractivity contribution in [3.05, 3.63) is 42.2 Å².